The lowest BCUT2D eigenvalue weighted by atomic mass is 9.88. The Labute approximate surface area is 255 Å². The van der Waals surface area contributed by atoms with Crippen LogP contribution in [0.1, 0.15) is 41.6 Å². The predicted octanol–water partition coefficient (Wildman–Crippen LogP) is 2.94. The van der Waals surface area contributed by atoms with E-state index in [1.165, 1.54) is 28.7 Å². The Morgan fingerprint density at radius 3 is 2.53 bits per heavy atom. The maximum absolute atomic E-state index is 13.6. The number of fused-ring (bicyclic) bond motifs is 1. The topological polar surface area (TPSA) is 148 Å². The average Bonchev–Trinajstić information content (AvgIpc) is 3.41. The highest BCUT2D eigenvalue weighted by Crippen LogP contribution is 2.43. The third-order valence-electron chi connectivity index (χ3n) is 7.19. The fourth-order valence-corrected chi connectivity index (χ4v) is 5.27. The molecule has 2 aromatic carbocycles. The second-order valence-corrected chi connectivity index (χ2v) is 9.81. The van der Waals surface area contributed by atoms with E-state index in [-0.39, 0.29) is 22.9 Å². The van der Waals surface area contributed by atoms with Gasteiger partial charge in [0.05, 0.1) is 29.9 Å². The van der Waals surface area contributed by atoms with Gasteiger partial charge in [-0.2, -0.15) is 18.4 Å². The number of carbonyl (C=O) groups is 2. The van der Waals surface area contributed by atoms with E-state index in [1.54, 1.807) is 25.1 Å². The fraction of sp³-hybridized carbons (Fsp3) is 0.226. The summed E-state index contributed by atoms with van der Waals surface area (Å²) in [7, 11) is 1.19. The Hall–Kier alpha value is -5.71. The molecular formula is C31H27F3N6O5. The van der Waals surface area contributed by atoms with Gasteiger partial charge in [0.2, 0.25) is 5.95 Å². The highest BCUT2D eigenvalue weighted by Gasteiger charge is 2.41. The number of aromatic nitrogens is 4. The molecule has 0 unspecified atom stereocenters. The number of halogens is 3. The third-order valence-corrected chi connectivity index (χ3v) is 7.19. The molecule has 14 heteroatoms. The van der Waals surface area contributed by atoms with Gasteiger partial charge in [-0.05, 0) is 54.8 Å². The van der Waals surface area contributed by atoms with Gasteiger partial charge in [0, 0.05) is 36.4 Å². The van der Waals surface area contributed by atoms with E-state index in [1.807, 2.05) is 35.2 Å². The van der Waals surface area contributed by atoms with Crippen molar-refractivity contribution in [3.63, 3.8) is 0 Å². The number of H-pyrrole nitrogens is 1. The minimum atomic E-state index is -4.61. The molecule has 0 fully saturated rings. The summed E-state index contributed by atoms with van der Waals surface area (Å²) >= 11 is 0. The molecule has 0 bridgehead atoms. The molecule has 1 N–H and O–H groups in total. The monoisotopic (exact) mass is 620 g/mol. The maximum atomic E-state index is 13.6. The smallest absolute Gasteiger partial charge is 0.416 e. The van der Waals surface area contributed by atoms with Crippen LogP contribution in [0, 0.1) is 11.3 Å². The molecule has 0 amide bonds. The number of esters is 1. The molecule has 0 spiro atoms. The summed E-state index contributed by atoms with van der Waals surface area (Å²) in [5, 5.41) is 24.4. The van der Waals surface area contributed by atoms with Crippen LogP contribution in [0.5, 0.6) is 0 Å². The molecule has 0 saturated carbocycles. The Kier molecular flexibility index (Phi) is 9.82. The van der Waals surface area contributed by atoms with Gasteiger partial charge in [-0.1, -0.05) is 18.2 Å². The Balaban J connectivity index is 0.00000148. The number of benzene rings is 2. The maximum Gasteiger partial charge on any atom is 0.416 e. The van der Waals surface area contributed by atoms with Gasteiger partial charge < -0.3 is 14.6 Å². The van der Waals surface area contributed by atoms with Gasteiger partial charge in [0.1, 0.15) is 12.6 Å². The molecular weight excluding hydrogens is 593 g/mol. The van der Waals surface area contributed by atoms with E-state index in [0.717, 1.165) is 17.7 Å². The van der Waals surface area contributed by atoms with Gasteiger partial charge in [0.25, 0.3) is 0 Å². The van der Waals surface area contributed by atoms with E-state index in [9.17, 15) is 28.0 Å². The van der Waals surface area contributed by atoms with Crippen LogP contribution in [0.3, 0.4) is 0 Å². The van der Waals surface area contributed by atoms with Crippen molar-refractivity contribution in [2.75, 3.05) is 12.0 Å². The Morgan fingerprint density at radius 2 is 1.89 bits per heavy atom. The number of aromatic amines is 1. The number of carboxylic acid groups (broad SMARTS) is 1. The van der Waals surface area contributed by atoms with Crippen molar-refractivity contribution >= 4 is 24.1 Å². The van der Waals surface area contributed by atoms with Crippen molar-refractivity contribution in [3.8, 4) is 6.07 Å². The number of ether oxygens (including phenoxy) is 1. The van der Waals surface area contributed by atoms with Crippen molar-refractivity contribution in [3.05, 3.63) is 117 Å². The number of methoxy groups -OCH3 is 1. The molecule has 11 nitrogen and oxygen atoms in total. The lowest BCUT2D eigenvalue weighted by Gasteiger charge is -2.36. The quantitative estimate of drug-likeness (QED) is 0.188. The molecule has 1 aliphatic rings. The van der Waals surface area contributed by atoms with E-state index in [0.29, 0.717) is 30.5 Å². The van der Waals surface area contributed by atoms with Crippen molar-refractivity contribution in [2.45, 2.75) is 38.5 Å². The van der Waals surface area contributed by atoms with Gasteiger partial charge in [-0.15, -0.1) is 5.10 Å². The number of hydrogen-bond donors (Lipinski definition) is 1. The highest BCUT2D eigenvalue weighted by atomic mass is 19.4. The summed E-state index contributed by atoms with van der Waals surface area (Å²) in [6.45, 7) is 1.75. The average molecular weight is 621 g/mol. The summed E-state index contributed by atoms with van der Waals surface area (Å²) in [5.41, 5.74) is 0.490. The van der Waals surface area contributed by atoms with E-state index in [4.69, 9.17) is 14.6 Å². The summed E-state index contributed by atoms with van der Waals surface area (Å²) in [5.74, 6) is -0.756. The van der Waals surface area contributed by atoms with Gasteiger partial charge in [-0.3, -0.25) is 4.90 Å². The number of nitrogens with one attached hydrogen (secondary N) is 1. The Bertz CT molecular complexity index is 1830. The molecule has 1 atom stereocenters. The number of carbonyl (C=O) groups excluding carboxylic acids is 2. The molecule has 5 rings (SSSR count). The Morgan fingerprint density at radius 1 is 1.18 bits per heavy atom. The number of rotatable bonds is 7. The zero-order chi connectivity index (χ0) is 32.7. The number of nitriles is 1. The minimum Gasteiger partial charge on any atom is -0.554 e. The predicted molar refractivity (Wildman–Crippen MR) is 151 cm³/mol. The molecule has 4 aromatic rings. The number of allylic oxidation sites excluding steroid dienone is 1. The van der Waals surface area contributed by atoms with Crippen LogP contribution >= 0.6 is 0 Å². The fourth-order valence-electron chi connectivity index (χ4n) is 5.27. The van der Waals surface area contributed by atoms with Gasteiger partial charge in [0.15, 0.2) is 12.4 Å². The third kappa shape index (κ3) is 6.77. The molecule has 1 aliphatic heterocycles. The second-order valence-electron chi connectivity index (χ2n) is 9.81. The molecule has 232 valence electrons. The number of nitrogens with zero attached hydrogens (tertiary/aromatic N) is 5. The van der Waals surface area contributed by atoms with Crippen molar-refractivity contribution in [1.29, 1.82) is 5.26 Å². The standard InChI is InChI=1S/C30H25F3N6O3.CH2O2/c1-19-25(27(40)42-2)26(24-12-11-20(18-34)16-21(24)8-7-15-37-13-4-3-5-14-37)39-28(35-36-29(39)41)38(19)23-10-6-9-22(17-23)30(31,32)33;2-1-3/h3-6,9-14,16-17,26H,7-8,15H2,1-2H3;1H,(H,2,3)/t26-;/m1./s1. The highest BCUT2D eigenvalue weighted by molar-refractivity contribution is 5.93. The molecule has 0 saturated heterocycles. The first-order valence-electron chi connectivity index (χ1n) is 13.5. The van der Waals surface area contributed by atoms with Crippen molar-refractivity contribution in [2.24, 2.45) is 0 Å². The molecule has 2 aromatic heterocycles. The summed E-state index contributed by atoms with van der Waals surface area (Å²) < 4.78 is 49.1. The van der Waals surface area contributed by atoms with Crippen LogP contribution in [0.15, 0.2) is 89.1 Å². The lowest BCUT2D eigenvalue weighted by Crippen LogP contribution is -2.38. The second kappa shape index (κ2) is 13.7. The first-order valence-corrected chi connectivity index (χ1v) is 13.5. The zero-order valence-electron chi connectivity index (χ0n) is 24.1. The summed E-state index contributed by atoms with van der Waals surface area (Å²) in [6.07, 6.45) is 0.459. The summed E-state index contributed by atoms with van der Waals surface area (Å²) in [6, 6.07) is 16.4. The normalized spacial score (nSPS) is 14.1. The van der Waals surface area contributed by atoms with E-state index < -0.39 is 35.9 Å². The number of pyridine rings is 1. The van der Waals surface area contributed by atoms with Crippen LogP contribution in [-0.4, -0.2) is 34.3 Å². The van der Waals surface area contributed by atoms with Crippen LogP contribution < -0.4 is 20.3 Å². The summed E-state index contributed by atoms with van der Waals surface area (Å²) in [4.78, 5) is 36.2. The molecule has 3 heterocycles. The minimum absolute atomic E-state index is 0.00429. The number of anilines is 2. The number of hydrogen-bond acceptors (Lipinski definition) is 8. The van der Waals surface area contributed by atoms with E-state index >= 15 is 0 Å². The first-order chi connectivity index (χ1) is 21.5. The van der Waals surface area contributed by atoms with Crippen LogP contribution in [-0.2, 0) is 33.5 Å². The van der Waals surface area contributed by atoms with Gasteiger partial charge in [-0.25, -0.2) is 23.8 Å². The molecule has 0 radical (unpaired) electrons. The first kappa shape index (κ1) is 32.2. The lowest BCUT2D eigenvalue weighted by molar-refractivity contribution is -0.697. The SMILES string of the molecule is COC(=O)C1=C(C)N(c2cccc(C(F)(F)F)c2)c2n[nH]c(=O)n2[C@@H]1c1ccc(C#N)cc1CCC[n+]1ccccc1.O=C[O-]. The number of aryl methyl sites for hydroxylation is 2. The zero-order valence-corrected chi connectivity index (χ0v) is 24.1. The largest absolute Gasteiger partial charge is 0.554 e. The van der Waals surface area contributed by atoms with E-state index in [2.05, 4.69) is 16.3 Å². The molecule has 0 aliphatic carbocycles. The number of alkyl halides is 3. The van der Waals surface area contributed by atoms with Crippen LogP contribution in [0.2, 0.25) is 0 Å². The molecule has 45 heavy (non-hydrogen) atoms. The van der Waals surface area contributed by atoms with Crippen LogP contribution in [0.4, 0.5) is 24.8 Å². The van der Waals surface area contributed by atoms with Crippen LogP contribution in [0.25, 0.3) is 0 Å². The van der Waals surface area contributed by atoms with Crippen molar-refractivity contribution < 1.29 is 37.2 Å². The van der Waals surface area contributed by atoms with Gasteiger partial charge >= 0.3 is 17.8 Å². The van der Waals surface area contributed by atoms with Crippen molar-refractivity contribution in [1.82, 2.24) is 14.8 Å².